The van der Waals surface area contributed by atoms with Crippen molar-refractivity contribution in [3.05, 3.63) is 35.9 Å². The molecule has 0 aromatic heterocycles. The van der Waals surface area contributed by atoms with E-state index in [1.54, 1.807) is 20.8 Å². The highest BCUT2D eigenvalue weighted by atomic mass is 16.6. The first-order valence-electron chi connectivity index (χ1n) is 14.5. The van der Waals surface area contributed by atoms with Crippen LogP contribution in [0.5, 0.6) is 0 Å². The molecule has 206 valence electrons. The van der Waals surface area contributed by atoms with Crippen molar-refractivity contribution in [1.82, 2.24) is 5.32 Å². The first-order chi connectivity index (χ1) is 17.3. The normalized spacial score (nSPS) is 12.2. The third-order valence-corrected chi connectivity index (χ3v) is 6.25. The number of nitrogens with one attached hydrogen (secondary N) is 1. The third-order valence-electron chi connectivity index (χ3n) is 6.25. The number of hydrogen-bond acceptors (Lipinski definition) is 4. The molecular formula is C31H53NO4. The van der Waals surface area contributed by atoms with E-state index in [4.69, 9.17) is 9.47 Å². The van der Waals surface area contributed by atoms with Gasteiger partial charge in [-0.25, -0.2) is 9.59 Å². The SMILES string of the molecule is CCCCCCCCCCCCCCCCCOC(=O)[C@H](Cc1ccccc1)NC(=O)OC(C)(C)C. The van der Waals surface area contributed by atoms with E-state index in [9.17, 15) is 9.59 Å². The number of amides is 1. The molecule has 1 aromatic carbocycles. The standard InChI is InChI=1S/C31H53NO4/c1-5-6-7-8-9-10-11-12-13-14-15-16-17-18-22-25-35-29(33)28(26-27-23-20-19-21-24-27)32-30(34)36-31(2,3)4/h19-21,23-24,28H,5-18,22,25-26H2,1-4H3,(H,32,34)/t28-/m0/s1. The Balaban J connectivity index is 2.15. The second kappa shape index (κ2) is 20.1. The van der Waals surface area contributed by atoms with Crippen LogP contribution in [0.1, 0.15) is 130 Å². The number of benzene rings is 1. The molecule has 0 saturated heterocycles. The van der Waals surface area contributed by atoms with Gasteiger partial charge in [-0.15, -0.1) is 0 Å². The Hall–Kier alpha value is -2.04. The van der Waals surface area contributed by atoms with Gasteiger partial charge in [-0.3, -0.25) is 0 Å². The zero-order valence-electron chi connectivity index (χ0n) is 23.6. The molecule has 0 fully saturated rings. The van der Waals surface area contributed by atoms with Crippen molar-refractivity contribution < 1.29 is 19.1 Å². The number of rotatable bonds is 20. The van der Waals surface area contributed by atoms with Crippen LogP contribution < -0.4 is 5.32 Å². The van der Waals surface area contributed by atoms with Crippen molar-refractivity contribution in [3.63, 3.8) is 0 Å². The van der Waals surface area contributed by atoms with E-state index in [0.29, 0.717) is 13.0 Å². The highest BCUT2D eigenvalue weighted by molar-refractivity contribution is 5.81. The summed E-state index contributed by atoms with van der Waals surface area (Å²) < 4.78 is 10.8. The van der Waals surface area contributed by atoms with Gasteiger partial charge in [0.05, 0.1) is 6.61 Å². The summed E-state index contributed by atoms with van der Waals surface area (Å²) in [6.07, 6.45) is 19.2. The predicted molar refractivity (Wildman–Crippen MR) is 149 cm³/mol. The molecule has 0 unspecified atom stereocenters. The van der Waals surface area contributed by atoms with Crippen molar-refractivity contribution in [2.24, 2.45) is 0 Å². The number of carbonyl (C=O) groups excluding carboxylic acids is 2. The lowest BCUT2D eigenvalue weighted by atomic mass is 10.0. The molecule has 36 heavy (non-hydrogen) atoms. The van der Waals surface area contributed by atoms with Gasteiger partial charge in [-0.1, -0.05) is 127 Å². The van der Waals surface area contributed by atoms with E-state index < -0.39 is 23.7 Å². The highest BCUT2D eigenvalue weighted by Gasteiger charge is 2.25. The lowest BCUT2D eigenvalue weighted by Crippen LogP contribution is -2.45. The van der Waals surface area contributed by atoms with Gasteiger partial charge in [0.25, 0.3) is 0 Å². The monoisotopic (exact) mass is 503 g/mol. The number of unbranched alkanes of at least 4 members (excludes halogenated alkanes) is 14. The molecule has 1 amide bonds. The lowest BCUT2D eigenvalue weighted by Gasteiger charge is -2.23. The van der Waals surface area contributed by atoms with E-state index in [1.165, 1.54) is 83.5 Å². The average Bonchev–Trinajstić information content (AvgIpc) is 2.82. The zero-order valence-corrected chi connectivity index (χ0v) is 23.6. The molecule has 5 nitrogen and oxygen atoms in total. The topological polar surface area (TPSA) is 64.6 Å². The van der Waals surface area contributed by atoms with Crippen LogP contribution in [0.3, 0.4) is 0 Å². The van der Waals surface area contributed by atoms with Gasteiger partial charge < -0.3 is 14.8 Å². The number of hydrogen-bond donors (Lipinski definition) is 1. The zero-order chi connectivity index (χ0) is 26.5. The highest BCUT2D eigenvalue weighted by Crippen LogP contribution is 2.14. The predicted octanol–water partition coefficient (Wildman–Crippen LogP) is 8.54. The average molecular weight is 504 g/mol. The van der Waals surface area contributed by atoms with E-state index in [2.05, 4.69) is 12.2 Å². The van der Waals surface area contributed by atoms with Gasteiger partial charge in [0, 0.05) is 6.42 Å². The Kier molecular flexibility index (Phi) is 17.8. The second-order valence-corrected chi connectivity index (χ2v) is 11.0. The van der Waals surface area contributed by atoms with Gasteiger partial charge in [0.15, 0.2) is 0 Å². The molecule has 0 spiro atoms. The van der Waals surface area contributed by atoms with Crippen LogP contribution in [0.4, 0.5) is 4.79 Å². The molecule has 0 aliphatic rings. The molecule has 1 atom stereocenters. The van der Waals surface area contributed by atoms with Crippen LogP contribution in [-0.2, 0) is 20.7 Å². The first kappa shape index (κ1) is 32.0. The molecule has 0 saturated carbocycles. The van der Waals surface area contributed by atoms with Gasteiger partial charge in [-0.05, 0) is 32.8 Å². The molecule has 0 bridgehead atoms. The van der Waals surface area contributed by atoms with Gasteiger partial charge in [-0.2, -0.15) is 0 Å². The van der Waals surface area contributed by atoms with Crippen molar-refractivity contribution in [2.75, 3.05) is 6.61 Å². The van der Waals surface area contributed by atoms with Crippen molar-refractivity contribution in [1.29, 1.82) is 0 Å². The minimum absolute atomic E-state index is 0.373. The number of alkyl carbamates (subject to hydrolysis) is 1. The van der Waals surface area contributed by atoms with Crippen LogP contribution in [0, 0.1) is 0 Å². The first-order valence-corrected chi connectivity index (χ1v) is 14.5. The summed E-state index contributed by atoms with van der Waals surface area (Å²) in [6.45, 7) is 8.05. The maximum atomic E-state index is 12.7. The van der Waals surface area contributed by atoms with Crippen LogP contribution in [0.2, 0.25) is 0 Å². The summed E-state index contributed by atoms with van der Waals surface area (Å²) in [5.74, 6) is -0.407. The second-order valence-electron chi connectivity index (χ2n) is 11.0. The van der Waals surface area contributed by atoms with Crippen molar-refractivity contribution >= 4 is 12.1 Å². The third kappa shape index (κ3) is 18.3. The largest absolute Gasteiger partial charge is 0.464 e. The lowest BCUT2D eigenvalue weighted by molar-refractivity contribution is -0.146. The van der Waals surface area contributed by atoms with Gasteiger partial charge >= 0.3 is 12.1 Å². The van der Waals surface area contributed by atoms with E-state index in [0.717, 1.165) is 18.4 Å². The smallest absolute Gasteiger partial charge is 0.408 e. The maximum Gasteiger partial charge on any atom is 0.408 e. The molecule has 0 radical (unpaired) electrons. The molecule has 1 N–H and O–H groups in total. The van der Waals surface area contributed by atoms with Gasteiger partial charge in [0.1, 0.15) is 11.6 Å². The Morgan fingerprint density at radius 2 is 1.22 bits per heavy atom. The van der Waals surface area contributed by atoms with Crippen LogP contribution in [0.25, 0.3) is 0 Å². The Labute approximate surface area is 221 Å². The molecule has 1 rings (SSSR count). The Bertz CT molecular complexity index is 684. The van der Waals surface area contributed by atoms with E-state index >= 15 is 0 Å². The van der Waals surface area contributed by atoms with Crippen LogP contribution in [-0.4, -0.2) is 30.3 Å². The molecule has 0 aliphatic carbocycles. The molecule has 0 heterocycles. The Morgan fingerprint density at radius 1 is 0.750 bits per heavy atom. The molecule has 5 heteroatoms. The van der Waals surface area contributed by atoms with E-state index in [1.807, 2.05) is 30.3 Å². The minimum atomic E-state index is -0.765. The fraction of sp³-hybridized carbons (Fsp3) is 0.742. The summed E-state index contributed by atoms with van der Waals surface area (Å²) in [5.41, 5.74) is 0.335. The number of esters is 1. The fourth-order valence-electron chi connectivity index (χ4n) is 4.24. The minimum Gasteiger partial charge on any atom is -0.464 e. The summed E-state index contributed by atoms with van der Waals surface area (Å²) in [7, 11) is 0. The van der Waals surface area contributed by atoms with Crippen molar-refractivity contribution in [3.8, 4) is 0 Å². The molecule has 1 aromatic rings. The summed E-state index contributed by atoms with van der Waals surface area (Å²) in [5, 5.41) is 2.69. The number of carbonyl (C=O) groups is 2. The summed E-state index contributed by atoms with van der Waals surface area (Å²) in [6, 6.07) is 8.87. The summed E-state index contributed by atoms with van der Waals surface area (Å²) in [4.78, 5) is 25.0. The molecule has 0 aliphatic heterocycles. The quantitative estimate of drug-likeness (QED) is 0.143. The molecular weight excluding hydrogens is 450 g/mol. The van der Waals surface area contributed by atoms with Gasteiger partial charge in [0.2, 0.25) is 0 Å². The van der Waals surface area contributed by atoms with Crippen LogP contribution >= 0.6 is 0 Å². The number of ether oxygens (including phenoxy) is 2. The maximum absolute atomic E-state index is 12.7. The fourth-order valence-corrected chi connectivity index (χ4v) is 4.24. The van der Waals surface area contributed by atoms with E-state index in [-0.39, 0.29) is 0 Å². The summed E-state index contributed by atoms with van der Waals surface area (Å²) >= 11 is 0. The van der Waals surface area contributed by atoms with Crippen molar-refractivity contribution in [2.45, 2.75) is 142 Å². The van der Waals surface area contributed by atoms with Crippen LogP contribution in [0.15, 0.2) is 30.3 Å². The Morgan fingerprint density at radius 3 is 1.69 bits per heavy atom.